The number of ketones is 1. The quantitative estimate of drug-likeness (QED) is 0.450. The van der Waals surface area contributed by atoms with Gasteiger partial charge in [0.05, 0.1) is 28.2 Å². The molecular weight excluding hydrogens is 517 g/mol. The van der Waals surface area contributed by atoms with Gasteiger partial charge in [-0.25, -0.2) is 9.37 Å². The molecule has 2 aliphatic rings. The zero-order valence-corrected chi connectivity index (χ0v) is 23.1. The van der Waals surface area contributed by atoms with Crippen molar-refractivity contribution in [2.45, 2.75) is 64.8 Å². The Labute approximate surface area is 231 Å². The van der Waals surface area contributed by atoms with Crippen LogP contribution in [0.3, 0.4) is 0 Å². The molecule has 5 rings (SSSR count). The van der Waals surface area contributed by atoms with Crippen molar-refractivity contribution in [3.8, 4) is 10.4 Å². The second kappa shape index (κ2) is 11.0. The Hall–Kier alpha value is -3.43. The number of aromatic nitrogens is 1. The van der Waals surface area contributed by atoms with Crippen LogP contribution in [0.5, 0.6) is 0 Å². The summed E-state index contributed by atoms with van der Waals surface area (Å²) in [5.74, 6) is -1.60. The molecule has 39 heavy (non-hydrogen) atoms. The number of thiazole rings is 1. The number of benzene rings is 2. The molecule has 3 heterocycles. The molecule has 0 unspecified atom stereocenters. The molecule has 1 aromatic heterocycles. The summed E-state index contributed by atoms with van der Waals surface area (Å²) in [6.07, 6.45) is 0.130. The van der Waals surface area contributed by atoms with Crippen molar-refractivity contribution in [1.82, 2.24) is 14.8 Å². The normalized spacial score (nSPS) is 19.6. The molecule has 0 spiro atoms. The molecule has 204 valence electrons. The molecule has 1 N–H and O–H groups in total. The Bertz CT molecular complexity index is 1400. The maximum Gasteiger partial charge on any atom is 0.255 e. The lowest BCUT2D eigenvalue weighted by Gasteiger charge is -2.35. The number of carbonyl (C=O) groups is 3. The lowest BCUT2D eigenvalue weighted by molar-refractivity contribution is -0.142. The summed E-state index contributed by atoms with van der Waals surface area (Å²) in [6.45, 7) is 5.92. The van der Waals surface area contributed by atoms with E-state index < -0.39 is 29.9 Å². The Kier molecular flexibility index (Phi) is 7.64. The van der Waals surface area contributed by atoms with E-state index in [0.29, 0.717) is 12.0 Å². The van der Waals surface area contributed by atoms with Crippen LogP contribution in [0.2, 0.25) is 0 Å². The molecule has 2 aromatic carbocycles. The van der Waals surface area contributed by atoms with E-state index in [4.69, 9.17) is 0 Å². The topological polar surface area (TPSA) is 90.8 Å². The third kappa shape index (κ3) is 5.38. The van der Waals surface area contributed by atoms with E-state index >= 15 is 0 Å². The van der Waals surface area contributed by atoms with Crippen LogP contribution in [0.15, 0.2) is 48.0 Å². The van der Waals surface area contributed by atoms with Crippen LogP contribution in [0.1, 0.15) is 53.9 Å². The molecule has 2 aliphatic heterocycles. The Balaban J connectivity index is 1.28. The highest BCUT2D eigenvalue weighted by atomic mass is 32.1. The molecule has 3 aromatic rings. The van der Waals surface area contributed by atoms with Crippen molar-refractivity contribution in [3.63, 3.8) is 0 Å². The van der Waals surface area contributed by atoms with Gasteiger partial charge in [0, 0.05) is 31.5 Å². The van der Waals surface area contributed by atoms with E-state index in [0.717, 1.165) is 21.7 Å². The van der Waals surface area contributed by atoms with Gasteiger partial charge >= 0.3 is 0 Å². The molecule has 1 saturated heterocycles. The molecule has 0 bridgehead atoms. The first kappa shape index (κ1) is 27.1. The smallest absolute Gasteiger partial charge is 0.255 e. The fourth-order valence-corrected chi connectivity index (χ4v) is 6.48. The minimum atomic E-state index is -0.823. The third-order valence-electron chi connectivity index (χ3n) is 7.68. The van der Waals surface area contributed by atoms with E-state index in [-0.39, 0.29) is 49.1 Å². The Morgan fingerprint density at radius 3 is 2.59 bits per heavy atom. The number of aliphatic hydroxyl groups is 1. The number of likely N-dealkylation sites (tertiary alicyclic amines) is 1. The predicted octanol–water partition coefficient (Wildman–Crippen LogP) is 4.40. The second-order valence-electron chi connectivity index (χ2n) is 10.7. The number of hydrogen-bond acceptors (Lipinski definition) is 6. The number of Topliss-reactive ketones (excluding diaryl/α,β-unsaturated/α-hetero) is 1. The van der Waals surface area contributed by atoms with Crippen molar-refractivity contribution in [2.24, 2.45) is 5.92 Å². The average molecular weight is 550 g/mol. The van der Waals surface area contributed by atoms with Crippen LogP contribution in [-0.2, 0) is 22.6 Å². The highest BCUT2D eigenvalue weighted by Gasteiger charge is 2.45. The van der Waals surface area contributed by atoms with Crippen molar-refractivity contribution in [2.75, 3.05) is 6.54 Å². The second-order valence-corrected chi connectivity index (χ2v) is 11.6. The van der Waals surface area contributed by atoms with Crippen LogP contribution in [0.25, 0.3) is 10.4 Å². The van der Waals surface area contributed by atoms with Gasteiger partial charge in [0.15, 0.2) is 5.78 Å². The number of hydrogen-bond donors (Lipinski definition) is 1. The summed E-state index contributed by atoms with van der Waals surface area (Å²) in [5, 5.41) is 10.4. The summed E-state index contributed by atoms with van der Waals surface area (Å²) in [5.41, 5.74) is 5.84. The van der Waals surface area contributed by atoms with Crippen LogP contribution < -0.4 is 0 Å². The van der Waals surface area contributed by atoms with Gasteiger partial charge in [-0.2, -0.15) is 0 Å². The van der Waals surface area contributed by atoms with E-state index in [2.05, 4.69) is 4.98 Å². The number of halogens is 1. The lowest BCUT2D eigenvalue weighted by Crippen LogP contribution is -2.54. The molecule has 2 amide bonds. The maximum absolute atomic E-state index is 13.8. The summed E-state index contributed by atoms with van der Waals surface area (Å²) in [7, 11) is 0. The largest absolute Gasteiger partial charge is 0.391 e. The zero-order valence-electron chi connectivity index (χ0n) is 22.3. The SMILES string of the molecule is Cc1ncsc1-c1ccc(CCC(=O)[C@@H]2C[C@@H](O)CN2C(=O)[C@@H](C(C)C)N2Cc3ccc(F)cc3C2=O)cc1. The van der Waals surface area contributed by atoms with Gasteiger partial charge in [0.25, 0.3) is 5.91 Å². The number of carbonyl (C=O) groups excluding carboxylic acids is 3. The highest BCUT2D eigenvalue weighted by Crippen LogP contribution is 2.31. The number of amides is 2. The molecule has 0 aliphatic carbocycles. The number of β-amino-alcohol motifs (C(OH)–C–C–N with tert-alkyl or cyclic N) is 1. The van der Waals surface area contributed by atoms with E-state index in [9.17, 15) is 23.9 Å². The van der Waals surface area contributed by atoms with Gasteiger partial charge in [-0.05, 0) is 48.1 Å². The van der Waals surface area contributed by atoms with Gasteiger partial charge in [0.2, 0.25) is 5.91 Å². The van der Waals surface area contributed by atoms with E-state index in [1.807, 2.05) is 50.5 Å². The number of rotatable bonds is 8. The van der Waals surface area contributed by atoms with Gasteiger partial charge < -0.3 is 14.9 Å². The fourth-order valence-electron chi connectivity index (χ4n) is 5.67. The first-order chi connectivity index (χ1) is 18.6. The van der Waals surface area contributed by atoms with Gasteiger partial charge in [-0.15, -0.1) is 11.3 Å². The zero-order chi connectivity index (χ0) is 27.8. The molecular formula is C30H32FN3O4S. The Morgan fingerprint density at radius 2 is 1.92 bits per heavy atom. The van der Waals surface area contributed by atoms with Crippen molar-refractivity contribution < 1.29 is 23.9 Å². The van der Waals surface area contributed by atoms with Crippen LogP contribution in [-0.4, -0.2) is 62.2 Å². The number of aliphatic hydroxyl groups excluding tert-OH is 1. The van der Waals surface area contributed by atoms with Crippen LogP contribution in [0.4, 0.5) is 4.39 Å². The Morgan fingerprint density at radius 1 is 1.18 bits per heavy atom. The minimum absolute atomic E-state index is 0.0466. The third-order valence-corrected chi connectivity index (χ3v) is 8.66. The average Bonchev–Trinajstić information content (AvgIpc) is 3.60. The summed E-state index contributed by atoms with van der Waals surface area (Å²) in [4.78, 5) is 48.7. The van der Waals surface area contributed by atoms with Gasteiger partial charge in [-0.1, -0.05) is 44.2 Å². The molecule has 0 radical (unpaired) electrons. The molecule has 9 heteroatoms. The first-order valence-electron chi connectivity index (χ1n) is 13.2. The van der Waals surface area contributed by atoms with Gasteiger partial charge in [-0.3, -0.25) is 14.4 Å². The predicted molar refractivity (Wildman–Crippen MR) is 147 cm³/mol. The monoisotopic (exact) mass is 549 g/mol. The van der Waals surface area contributed by atoms with Gasteiger partial charge in [0.1, 0.15) is 11.9 Å². The summed E-state index contributed by atoms with van der Waals surface area (Å²) >= 11 is 1.59. The van der Waals surface area contributed by atoms with E-state index in [1.54, 1.807) is 17.4 Å². The van der Waals surface area contributed by atoms with Crippen LogP contribution >= 0.6 is 11.3 Å². The summed E-state index contributed by atoms with van der Waals surface area (Å²) in [6, 6.07) is 10.6. The van der Waals surface area contributed by atoms with E-state index in [1.165, 1.54) is 21.9 Å². The van der Waals surface area contributed by atoms with Crippen molar-refractivity contribution >= 4 is 28.9 Å². The van der Waals surface area contributed by atoms with Crippen LogP contribution in [0, 0.1) is 18.7 Å². The fraction of sp³-hybridized carbons (Fsp3) is 0.400. The molecule has 0 saturated carbocycles. The first-order valence-corrected chi connectivity index (χ1v) is 14.1. The highest BCUT2D eigenvalue weighted by molar-refractivity contribution is 7.13. The lowest BCUT2D eigenvalue weighted by atomic mass is 9.98. The maximum atomic E-state index is 13.8. The standard InChI is InChI=1S/C30H32FN3O4S/c1-17(2)27(34-14-21-9-10-22(31)12-24(21)29(34)37)30(38)33-15-23(35)13-25(33)26(36)11-6-19-4-7-20(8-5-19)28-18(3)32-16-39-28/h4-5,7-10,12,16-17,23,25,27,35H,6,11,13-15H2,1-3H3/t23-,25+,27-/m1/s1. The number of aryl methyl sites for hydroxylation is 2. The van der Waals surface area contributed by atoms with Crippen molar-refractivity contribution in [1.29, 1.82) is 0 Å². The minimum Gasteiger partial charge on any atom is -0.391 e. The number of nitrogens with zero attached hydrogens (tertiary/aromatic N) is 3. The summed E-state index contributed by atoms with van der Waals surface area (Å²) < 4.78 is 13.8. The molecule has 3 atom stereocenters. The van der Waals surface area contributed by atoms with Crippen molar-refractivity contribution in [3.05, 3.63) is 76.2 Å². The molecule has 1 fully saturated rings. The molecule has 7 nitrogen and oxygen atoms in total. The number of fused-ring (bicyclic) bond motifs is 1.